The van der Waals surface area contributed by atoms with Crippen molar-refractivity contribution in [3.63, 3.8) is 0 Å². The van der Waals surface area contributed by atoms with Crippen LogP contribution < -0.4 is 0 Å². The van der Waals surface area contributed by atoms with Crippen molar-refractivity contribution in [2.75, 3.05) is 0 Å². The average molecular weight is 706 g/mol. The van der Waals surface area contributed by atoms with Crippen LogP contribution in [0.3, 0.4) is 0 Å². The molecule has 0 saturated heterocycles. The van der Waals surface area contributed by atoms with Gasteiger partial charge in [0.1, 0.15) is 5.52 Å². The molecule has 11 rings (SSSR count). The minimum Gasteiger partial charge on any atom is -0.294 e. The van der Waals surface area contributed by atoms with Crippen LogP contribution >= 0.6 is 0 Å². The molecule has 0 amide bonds. The lowest BCUT2D eigenvalue weighted by molar-refractivity contribution is 1.07. The predicted octanol–water partition coefficient (Wildman–Crippen LogP) is 11.2. The highest BCUT2D eigenvalue weighted by molar-refractivity contribution is 6.10. The van der Waals surface area contributed by atoms with Crippen molar-refractivity contribution in [3.05, 3.63) is 188 Å². The van der Waals surface area contributed by atoms with E-state index in [4.69, 9.17) is 19.9 Å². The molecule has 4 heterocycles. The zero-order valence-corrected chi connectivity index (χ0v) is 29.5. The Balaban J connectivity index is 1.10. The highest BCUT2D eigenvalue weighted by Crippen LogP contribution is 2.39. The van der Waals surface area contributed by atoms with Gasteiger partial charge in [-0.15, -0.1) is 0 Å². The van der Waals surface area contributed by atoms with Gasteiger partial charge in [-0.25, -0.2) is 19.9 Å². The molecule has 0 unspecified atom stereocenters. The Morgan fingerprint density at radius 2 is 0.855 bits per heavy atom. The quantitative estimate of drug-likeness (QED) is 0.173. The van der Waals surface area contributed by atoms with E-state index in [2.05, 4.69) is 135 Å². The first-order valence-electron chi connectivity index (χ1n) is 18.3. The molecule has 0 aliphatic carbocycles. The van der Waals surface area contributed by atoms with Crippen molar-refractivity contribution >= 4 is 38.9 Å². The van der Waals surface area contributed by atoms with E-state index in [1.54, 1.807) is 0 Å². The Morgan fingerprint density at radius 3 is 1.56 bits per heavy atom. The van der Waals surface area contributed by atoms with Crippen LogP contribution in [0.15, 0.2) is 188 Å². The molecule has 0 N–H and O–H groups in total. The fourth-order valence-corrected chi connectivity index (χ4v) is 7.79. The summed E-state index contributed by atoms with van der Waals surface area (Å²) in [6, 6.07) is 65.0. The largest absolute Gasteiger partial charge is 0.294 e. The van der Waals surface area contributed by atoms with E-state index in [0.29, 0.717) is 17.5 Å². The Hall–Kier alpha value is -7.64. The number of hydrogen-bond donors (Lipinski definition) is 0. The Kier molecular flexibility index (Phi) is 7.03. The number of fused-ring (bicyclic) bond motifs is 7. The van der Waals surface area contributed by atoms with Crippen LogP contribution in [-0.2, 0) is 0 Å². The summed E-state index contributed by atoms with van der Waals surface area (Å²) in [5.74, 6) is 2.78. The van der Waals surface area contributed by atoms with E-state index in [-0.39, 0.29) is 0 Å². The van der Waals surface area contributed by atoms with Gasteiger partial charge in [-0.2, -0.15) is 0 Å². The van der Waals surface area contributed by atoms with Crippen molar-refractivity contribution in [2.45, 2.75) is 0 Å². The normalized spacial score (nSPS) is 11.6. The smallest absolute Gasteiger partial charge is 0.221 e. The second-order valence-electron chi connectivity index (χ2n) is 13.6. The van der Waals surface area contributed by atoms with Crippen molar-refractivity contribution in [3.8, 4) is 56.7 Å². The van der Waals surface area contributed by atoms with Gasteiger partial charge >= 0.3 is 0 Å². The molecule has 7 aromatic carbocycles. The van der Waals surface area contributed by atoms with Gasteiger partial charge in [-0.1, -0.05) is 140 Å². The number of aromatic nitrogens is 7. The van der Waals surface area contributed by atoms with Crippen molar-refractivity contribution in [1.82, 2.24) is 33.5 Å². The number of hydrogen-bond acceptors (Lipinski definition) is 4. The second kappa shape index (κ2) is 12.5. The number of rotatable bonds is 6. The molecule has 0 aliphatic rings. The maximum atomic E-state index is 5.19. The van der Waals surface area contributed by atoms with Gasteiger partial charge in [0.25, 0.3) is 0 Å². The van der Waals surface area contributed by atoms with Crippen LogP contribution in [0.5, 0.6) is 0 Å². The molecule has 55 heavy (non-hydrogen) atoms. The summed E-state index contributed by atoms with van der Waals surface area (Å²) >= 11 is 0. The Labute approximate surface area is 316 Å². The van der Waals surface area contributed by atoms with E-state index >= 15 is 0 Å². The van der Waals surface area contributed by atoms with E-state index in [1.165, 1.54) is 0 Å². The van der Waals surface area contributed by atoms with Crippen LogP contribution in [0.4, 0.5) is 0 Å². The molecule has 0 fully saturated rings. The lowest BCUT2D eigenvalue weighted by Gasteiger charge is -2.12. The Morgan fingerprint density at radius 1 is 0.345 bits per heavy atom. The Bertz CT molecular complexity index is 3140. The lowest BCUT2D eigenvalue weighted by Crippen LogP contribution is -2.00. The first kappa shape index (κ1) is 30.9. The zero-order valence-electron chi connectivity index (χ0n) is 29.5. The number of nitrogens with zero attached hydrogens (tertiary/aromatic N) is 7. The highest BCUT2D eigenvalue weighted by atomic mass is 15.3. The molecule has 258 valence electrons. The third-order valence-electron chi connectivity index (χ3n) is 10.3. The summed E-state index contributed by atoms with van der Waals surface area (Å²) in [4.78, 5) is 20.1. The molecule has 0 spiro atoms. The highest BCUT2D eigenvalue weighted by Gasteiger charge is 2.25. The van der Waals surface area contributed by atoms with Crippen molar-refractivity contribution < 1.29 is 0 Å². The van der Waals surface area contributed by atoms with Crippen molar-refractivity contribution in [1.29, 1.82) is 0 Å². The molecule has 11 aromatic rings. The summed E-state index contributed by atoms with van der Waals surface area (Å²) in [5.41, 5.74) is 12.4. The average Bonchev–Trinajstić information content (AvgIpc) is 3.91. The third-order valence-corrected chi connectivity index (χ3v) is 10.3. The zero-order chi connectivity index (χ0) is 36.3. The molecule has 4 aromatic heterocycles. The molecule has 0 saturated carbocycles. The third kappa shape index (κ3) is 5.05. The van der Waals surface area contributed by atoms with Gasteiger partial charge in [-0.05, 0) is 59.7 Å². The van der Waals surface area contributed by atoms with E-state index < -0.39 is 0 Å². The maximum absolute atomic E-state index is 5.19. The monoisotopic (exact) mass is 705 g/mol. The number of benzene rings is 7. The molecular formula is C48H31N7. The first-order valence-corrected chi connectivity index (χ1v) is 18.3. The van der Waals surface area contributed by atoms with E-state index in [0.717, 1.165) is 78.1 Å². The van der Waals surface area contributed by atoms with Crippen LogP contribution in [0, 0.1) is 0 Å². The number of imidazole rings is 2. The summed E-state index contributed by atoms with van der Waals surface area (Å²) in [5, 5.41) is 1.15. The lowest BCUT2D eigenvalue weighted by atomic mass is 10.0. The first-order chi connectivity index (χ1) is 27.3. The van der Waals surface area contributed by atoms with Gasteiger partial charge in [0, 0.05) is 33.5 Å². The van der Waals surface area contributed by atoms with Crippen LogP contribution in [0.2, 0.25) is 0 Å². The maximum Gasteiger partial charge on any atom is 0.221 e. The molecular weight excluding hydrogens is 675 g/mol. The summed E-state index contributed by atoms with van der Waals surface area (Å²) in [6.45, 7) is 0. The molecule has 7 heteroatoms. The summed E-state index contributed by atoms with van der Waals surface area (Å²) in [6.07, 6.45) is 0. The van der Waals surface area contributed by atoms with E-state index in [9.17, 15) is 0 Å². The van der Waals surface area contributed by atoms with Gasteiger partial charge < -0.3 is 0 Å². The van der Waals surface area contributed by atoms with Gasteiger partial charge in [0.2, 0.25) is 5.78 Å². The van der Waals surface area contributed by atoms with Crippen LogP contribution in [0.1, 0.15) is 0 Å². The molecule has 7 nitrogen and oxygen atoms in total. The van der Waals surface area contributed by atoms with Crippen LogP contribution in [-0.4, -0.2) is 33.5 Å². The van der Waals surface area contributed by atoms with Gasteiger partial charge in [0.15, 0.2) is 23.1 Å². The molecule has 0 atom stereocenters. The SMILES string of the molecule is c1ccc(-c2nc(-c3ccccc3)nc(-c3cccc(-c4cccc(-n5c6ccccc6c6c5n5c7ccccc7nc5n6-c5ccccc5)c4)c3)n2)cc1. The van der Waals surface area contributed by atoms with Crippen molar-refractivity contribution in [2.24, 2.45) is 0 Å². The second-order valence-corrected chi connectivity index (χ2v) is 13.6. The van der Waals surface area contributed by atoms with Gasteiger partial charge in [0.05, 0.1) is 16.6 Å². The summed E-state index contributed by atoms with van der Waals surface area (Å²) in [7, 11) is 0. The van der Waals surface area contributed by atoms with Gasteiger partial charge in [-0.3, -0.25) is 13.5 Å². The van der Waals surface area contributed by atoms with E-state index in [1.807, 2.05) is 66.7 Å². The molecule has 0 radical (unpaired) electrons. The topological polar surface area (TPSA) is 65.8 Å². The van der Waals surface area contributed by atoms with Crippen LogP contribution in [0.25, 0.3) is 95.5 Å². The number of para-hydroxylation sites is 4. The standard InChI is InChI=1S/C48H31N7/c1-4-16-32(17-5-1)44-50-45(33-18-6-2-7-19-33)52-46(51-44)36-22-14-20-34(30-36)35-21-15-25-38(31-35)53-41-28-12-10-26-39(41)43-47(53)55-42-29-13-11-27-40(42)49-48(55)54(43)37-23-8-3-9-24-37/h1-31H. The fourth-order valence-electron chi connectivity index (χ4n) is 7.79. The summed E-state index contributed by atoms with van der Waals surface area (Å²) < 4.78 is 6.98. The minimum atomic E-state index is 0.625. The predicted molar refractivity (Wildman–Crippen MR) is 221 cm³/mol. The molecule has 0 aliphatic heterocycles. The minimum absolute atomic E-state index is 0.625. The fraction of sp³-hybridized carbons (Fsp3) is 0. The molecule has 0 bridgehead atoms.